The quantitative estimate of drug-likeness (QED) is 0.128. The molecule has 818 valence electrons. The van der Waals surface area contributed by atoms with Crippen molar-refractivity contribution in [3.8, 4) is 0 Å². The normalized spacial score (nSPS) is 27.0. The third kappa shape index (κ3) is 68.7. The van der Waals surface area contributed by atoms with E-state index in [4.69, 9.17) is 9.47 Å². The van der Waals surface area contributed by atoms with Gasteiger partial charge in [0.1, 0.15) is 6.17 Å². The summed E-state index contributed by atoms with van der Waals surface area (Å²) >= 11 is 0. The number of amides is 2. The Morgan fingerprint density at radius 2 is 0.676 bits per heavy atom. The molecule has 12 aliphatic rings. The highest BCUT2D eigenvalue weighted by molar-refractivity contribution is 5.73. The van der Waals surface area contributed by atoms with Crippen LogP contribution in [0.1, 0.15) is 384 Å². The molecule has 0 bridgehead atoms. The second-order valence-electron chi connectivity index (χ2n) is 50.0. The van der Waals surface area contributed by atoms with Crippen LogP contribution in [0.3, 0.4) is 0 Å². The zero-order valence-electron chi connectivity index (χ0n) is 100. The molecule has 17 nitrogen and oxygen atoms in total. The molecule has 3 N–H and O–H groups in total. The number of alkyl halides is 1. The second-order valence-corrected chi connectivity index (χ2v) is 50.0. The number of ether oxygens (including phenoxy) is 2. The number of carbonyl (C=O) groups excluding carboxylic acids is 2. The van der Waals surface area contributed by atoms with Crippen molar-refractivity contribution in [3.05, 3.63) is 0 Å². The van der Waals surface area contributed by atoms with Crippen LogP contribution in [0.2, 0.25) is 0 Å². The first-order chi connectivity index (χ1) is 63.3. The van der Waals surface area contributed by atoms with Crippen molar-refractivity contribution in [1.29, 1.82) is 0 Å². The van der Waals surface area contributed by atoms with Crippen molar-refractivity contribution in [3.63, 3.8) is 0 Å². The third-order valence-electron chi connectivity index (χ3n) is 31.5. The first-order valence-electron chi connectivity index (χ1n) is 57.3. The van der Waals surface area contributed by atoms with Crippen molar-refractivity contribution in [1.82, 2.24) is 64.9 Å². The SMILES string of the molecule is CC(=O)N(C)C(C)C.CC(=O)NC(C)C.CC(C)C1CCCN(C)C1.CC(C)C1CCCN(C)C1.CC(C)C1CCCN1C.CC(C)C1CCCNC1.CC(C)C1CCCO1.CC(C)C1CCN(C)CC1.CC(C)C1CCOCC1.CC(C)[C@@H]1CCCN1C.CC(C)[C@@H]1C[C@H](C)CN1C.CC(C)[C@H]1CCCN1C.CC(C)[C@H]1C[C@@H](C)CN1C.CC(F)CNC(C)C.CC1CC(C(C)C)N(C)C1. The molecule has 12 fully saturated rings. The lowest BCUT2D eigenvalue weighted by atomic mass is 9.87. The van der Waals surface area contributed by atoms with Gasteiger partial charge in [-0.2, -0.15) is 0 Å². The monoisotopic (exact) mass is 1930 g/mol. The largest absolute Gasteiger partial charge is 0.381 e. The Labute approximate surface area is 852 Å². The summed E-state index contributed by atoms with van der Waals surface area (Å²) < 4.78 is 22.7. The standard InChI is InChI=1S/6C9H19N.4C8H17N.C8H16O.C7H14O.C6H14FN.C6H13NO.C5H11NO/c3*1-7(2)9-5-8(3)6-10(9)4;1-8(2)9-4-6-10(3)7-5-9;2*1-8(2)9-5-4-6-10(3)7-9;3*1-7(2)8-5-4-6-9(8)3;1-7(2)8-4-3-5-9-6-8;1-7(2)8-3-5-9-6-4-8;1-6(2)7-4-3-5-8-7;1-5(2)8-4-6(3)7;1-5(2)7(4)6(3)8;1-4(2)6-5(3)7/h3*7-9H,5-6H2,1-4H3;3*8-9H,4-7H2,1-3H3;3*7-8H,4-6H2,1-3H3;7-9H,3-6H2,1-2H3;7-8H,3-6H2,1-2H3;6-7H,3-5H2,1-2H3;5-6,8H,4H2,1-3H3;5H,1-4H3;4H,1-3H3,(H,6,7)/t2*8-,9-;;;;;2*8-;;;;;;;/m10....10......./s1. The van der Waals surface area contributed by atoms with Crippen LogP contribution in [0, 0.1) is 118 Å². The zero-order chi connectivity index (χ0) is 105. The molecule has 0 aromatic rings. The molecule has 2 amide bonds. The molecule has 0 aromatic carbocycles. The minimum atomic E-state index is -0.725. The lowest BCUT2D eigenvalue weighted by Crippen LogP contribution is -2.34. The molecule has 14 atom stereocenters. The fraction of sp³-hybridized carbons (Fsp3) is 0.983. The molecule has 0 radical (unpaired) electrons. The van der Waals surface area contributed by atoms with E-state index in [1.54, 1.807) is 25.8 Å². The van der Waals surface area contributed by atoms with Gasteiger partial charge in [0, 0.05) is 134 Å². The maximum absolute atomic E-state index is 12.0. The van der Waals surface area contributed by atoms with E-state index in [9.17, 15) is 14.0 Å². The Hall–Kier alpha value is -1.65. The van der Waals surface area contributed by atoms with E-state index in [-0.39, 0.29) is 17.9 Å². The second kappa shape index (κ2) is 79.6. The number of piperidine rings is 4. The van der Waals surface area contributed by atoms with Crippen LogP contribution in [-0.4, -0.2) is 316 Å². The van der Waals surface area contributed by atoms with Gasteiger partial charge in [0.15, 0.2) is 0 Å². The molecule has 136 heavy (non-hydrogen) atoms. The van der Waals surface area contributed by atoms with Crippen molar-refractivity contribution in [2.45, 2.75) is 451 Å². The summed E-state index contributed by atoms with van der Waals surface area (Å²) in [5.74, 6) is 17.8. The van der Waals surface area contributed by atoms with Crippen LogP contribution >= 0.6 is 0 Å². The summed E-state index contributed by atoms with van der Waals surface area (Å²) in [6, 6.07) is 6.12. The van der Waals surface area contributed by atoms with Crippen LogP contribution in [0.5, 0.6) is 0 Å². The fourth-order valence-electron chi connectivity index (χ4n) is 21.9. The van der Waals surface area contributed by atoms with E-state index >= 15 is 0 Å². The number of hydrogen-bond acceptors (Lipinski definition) is 15. The van der Waals surface area contributed by atoms with E-state index in [1.807, 2.05) is 41.5 Å². The molecule has 0 aromatic heterocycles. The summed E-state index contributed by atoms with van der Waals surface area (Å²) in [4.78, 5) is 44.6. The Morgan fingerprint density at radius 1 is 0.346 bits per heavy atom. The van der Waals surface area contributed by atoms with E-state index in [1.165, 1.54) is 233 Å². The number of likely N-dealkylation sites (tertiary alicyclic amines) is 9. The summed E-state index contributed by atoms with van der Waals surface area (Å²) in [6.45, 7) is 101. The van der Waals surface area contributed by atoms with Crippen molar-refractivity contribution < 1.29 is 23.5 Å². The topological polar surface area (TPSA) is 121 Å². The third-order valence-corrected chi connectivity index (χ3v) is 31.5. The van der Waals surface area contributed by atoms with E-state index in [0.717, 1.165) is 174 Å². The van der Waals surface area contributed by atoms with Gasteiger partial charge in [0.05, 0.1) is 6.10 Å². The molecule has 0 spiro atoms. The highest BCUT2D eigenvalue weighted by atomic mass is 19.1. The van der Waals surface area contributed by atoms with Crippen molar-refractivity contribution in [2.24, 2.45) is 118 Å². The number of nitrogens with zero attached hydrogens (tertiary/aromatic N) is 10. The van der Waals surface area contributed by atoms with Gasteiger partial charge < -0.3 is 74.4 Å². The Morgan fingerprint density at radius 3 is 0.831 bits per heavy atom. The average molecular weight is 1930 g/mol. The molecule has 12 saturated heterocycles. The lowest BCUT2D eigenvalue weighted by molar-refractivity contribution is -0.129. The van der Waals surface area contributed by atoms with Gasteiger partial charge >= 0.3 is 0 Å². The van der Waals surface area contributed by atoms with Gasteiger partial charge in [-0.1, -0.05) is 201 Å². The Bertz CT molecular complexity index is 2520. The minimum absolute atomic E-state index is 0.0370. The summed E-state index contributed by atoms with van der Waals surface area (Å²) in [6.07, 6.45) is 28.9. The van der Waals surface area contributed by atoms with Crippen molar-refractivity contribution in [2.75, 3.05) is 188 Å². The molecular weight excluding hydrogens is 1680 g/mol. The predicted molar refractivity (Wildman–Crippen MR) is 601 cm³/mol. The first kappa shape index (κ1) is 138. The molecule has 12 heterocycles. The van der Waals surface area contributed by atoms with Crippen LogP contribution in [0.25, 0.3) is 0 Å². The molecule has 0 saturated carbocycles. The number of carbonyl (C=O) groups is 2. The summed E-state index contributed by atoms with van der Waals surface area (Å²) in [7, 11) is 21.9. The number of rotatable bonds is 17. The number of halogens is 1. The maximum Gasteiger partial charge on any atom is 0.219 e. The lowest BCUT2D eigenvalue weighted by Gasteiger charge is -2.31. The minimum Gasteiger partial charge on any atom is -0.381 e. The number of nitrogens with one attached hydrogen (secondary N) is 3. The van der Waals surface area contributed by atoms with Gasteiger partial charge in [-0.15, -0.1) is 0 Å². The van der Waals surface area contributed by atoms with Crippen LogP contribution in [0.15, 0.2) is 0 Å². The highest BCUT2D eigenvalue weighted by Crippen LogP contribution is 2.32. The Kier molecular flexibility index (Phi) is 81.0. The van der Waals surface area contributed by atoms with Gasteiger partial charge in [0.2, 0.25) is 11.8 Å². The highest BCUT2D eigenvalue weighted by Gasteiger charge is 2.33. The molecule has 18 heteroatoms. The van der Waals surface area contributed by atoms with Crippen molar-refractivity contribution >= 4 is 11.8 Å². The summed E-state index contributed by atoms with van der Waals surface area (Å²) in [5, 5.41) is 9.05. The summed E-state index contributed by atoms with van der Waals surface area (Å²) in [5.41, 5.74) is 0. The Balaban J connectivity index is -0.00000140. The molecular formula is C118H250FN13O4. The molecule has 12 aliphatic heterocycles. The van der Waals surface area contributed by atoms with Crippen LogP contribution in [-0.2, 0) is 19.1 Å². The van der Waals surface area contributed by atoms with Gasteiger partial charge in [-0.05, 0) is 410 Å². The molecule has 12 rings (SSSR count). The average Bonchev–Trinajstić information content (AvgIpc) is 1.59. The smallest absolute Gasteiger partial charge is 0.219 e. The number of hydrogen-bond donors (Lipinski definition) is 3. The van der Waals surface area contributed by atoms with Gasteiger partial charge in [-0.3, -0.25) is 9.59 Å². The molecule has 0 aliphatic carbocycles. The molecule has 8 unspecified atom stereocenters. The maximum atomic E-state index is 12.0. The fourth-order valence-corrected chi connectivity index (χ4v) is 21.9. The van der Waals surface area contributed by atoms with Crippen LogP contribution in [0.4, 0.5) is 4.39 Å². The van der Waals surface area contributed by atoms with E-state index in [2.05, 4.69) is 310 Å². The zero-order valence-corrected chi connectivity index (χ0v) is 100. The van der Waals surface area contributed by atoms with Gasteiger partial charge in [0.25, 0.3) is 0 Å². The van der Waals surface area contributed by atoms with E-state index in [0.29, 0.717) is 24.7 Å². The first-order valence-corrected chi connectivity index (χ1v) is 57.3. The predicted octanol–water partition coefficient (Wildman–Crippen LogP) is 25.4. The van der Waals surface area contributed by atoms with Crippen LogP contribution < -0.4 is 16.0 Å². The van der Waals surface area contributed by atoms with E-state index < -0.39 is 6.17 Å². The van der Waals surface area contributed by atoms with Gasteiger partial charge in [-0.25, -0.2) is 4.39 Å².